The minimum absolute atomic E-state index is 0.0936. The van der Waals surface area contributed by atoms with Gasteiger partial charge in [-0.25, -0.2) is 8.42 Å². The monoisotopic (exact) mass is 406 g/mol. The van der Waals surface area contributed by atoms with Crippen LogP contribution in [0.5, 0.6) is 0 Å². The van der Waals surface area contributed by atoms with Crippen LogP contribution in [-0.2, 0) is 26.1 Å². The Morgan fingerprint density at radius 1 is 1.04 bits per heavy atom. The van der Waals surface area contributed by atoms with E-state index in [4.69, 9.17) is 4.74 Å². The second kappa shape index (κ2) is 9.43. The Bertz CT molecular complexity index is 995. The first-order valence-corrected chi connectivity index (χ1v) is 10.2. The largest absolute Gasteiger partial charge is 0.456 e. The molecule has 150 valence electrons. The van der Waals surface area contributed by atoms with Gasteiger partial charge in [-0.2, -0.15) is 4.31 Å². The molecule has 0 aliphatic rings. The number of sulfonamides is 1. The average Bonchev–Trinajstić information content (AvgIpc) is 2.69. The Balaban J connectivity index is 2.10. The maximum Gasteiger partial charge on any atom is 0.326 e. The predicted molar refractivity (Wildman–Crippen MR) is 103 cm³/mol. The Morgan fingerprint density at radius 2 is 1.68 bits per heavy atom. The standard InChI is InChI=1S/C19H22N2O6S/c1-3-21(4-2)28(25,26)16-10-11-18(23)20(12-16)13-19(24)27-14-17(22)15-8-6-5-7-9-15/h5-12H,3-4,13-14H2,1-2H3. The summed E-state index contributed by atoms with van der Waals surface area (Å²) in [5.74, 6) is -1.19. The van der Waals surface area contributed by atoms with Crippen LogP contribution < -0.4 is 5.56 Å². The van der Waals surface area contributed by atoms with Gasteiger partial charge in [0.25, 0.3) is 5.56 Å². The van der Waals surface area contributed by atoms with Crippen LogP contribution in [-0.4, -0.2) is 48.7 Å². The highest BCUT2D eigenvalue weighted by Gasteiger charge is 2.22. The molecule has 1 aromatic carbocycles. The van der Waals surface area contributed by atoms with Crippen LogP contribution >= 0.6 is 0 Å². The average molecular weight is 406 g/mol. The van der Waals surface area contributed by atoms with E-state index in [0.29, 0.717) is 5.56 Å². The minimum Gasteiger partial charge on any atom is -0.456 e. The van der Waals surface area contributed by atoms with Crippen molar-refractivity contribution >= 4 is 21.8 Å². The molecule has 0 aliphatic carbocycles. The fraction of sp³-hybridized carbons (Fsp3) is 0.316. The summed E-state index contributed by atoms with van der Waals surface area (Å²) in [6.07, 6.45) is 1.11. The summed E-state index contributed by atoms with van der Waals surface area (Å²) in [5, 5.41) is 0. The third kappa shape index (κ3) is 5.14. The van der Waals surface area contributed by atoms with E-state index in [1.165, 1.54) is 10.4 Å². The smallest absolute Gasteiger partial charge is 0.326 e. The molecule has 0 fully saturated rings. The third-order valence-corrected chi connectivity index (χ3v) is 6.09. The van der Waals surface area contributed by atoms with Crippen LogP contribution in [0.25, 0.3) is 0 Å². The Morgan fingerprint density at radius 3 is 2.29 bits per heavy atom. The van der Waals surface area contributed by atoms with Crippen molar-refractivity contribution in [1.82, 2.24) is 8.87 Å². The van der Waals surface area contributed by atoms with Crippen molar-refractivity contribution in [1.29, 1.82) is 0 Å². The zero-order chi connectivity index (χ0) is 20.7. The zero-order valence-electron chi connectivity index (χ0n) is 15.7. The Kier molecular flexibility index (Phi) is 7.24. The maximum atomic E-state index is 12.6. The summed E-state index contributed by atoms with van der Waals surface area (Å²) in [7, 11) is -3.77. The maximum absolute atomic E-state index is 12.6. The summed E-state index contributed by atoms with van der Waals surface area (Å²) in [6, 6.07) is 10.6. The number of rotatable bonds is 9. The highest BCUT2D eigenvalue weighted by atomic mass is 32.2. The first-order valence-electron chi connectivity index (χ1n) is 8.74. The van der Waals surface area contributed by atoms with Gasteiger partial charge in [0.1, 0.15) is 6.54 Å². The van der Waals surface area contributed by atoms with Crippen LogP contribution in [0, 0.1) is 0 Å². The lowest BCUT2D eigenvalue weighted by Gasteiger charge is -2.18. The topological polar surface area (TPSA) is 103 Å². The highest BCUT2D eigenvalue weighted by Crippen LogP contribution is 2.13. The molecule has 0 amide bonds. The molecule has 2 rings (SSSR count). The lowest BCUT2D eigenvalue weighted by atomic mass is 10.1. The molecular weight excluding hydrogens is 384 g/mol. The van der Waals surface area contributed by atoms with Gasteiger partial charge in [0.15, 0.2) is 12.4 Å². The molecule has 0 unspecified atom stereocenters. The number of carbonyl (C=O) groups excluding carboxylic acids is 2. The molecule has 8 nitrogen and oxygen atoms in total. The molecule has 0 bridgehead atoms. The Labute approximate surface area is 163 Å². The number of benzene rings is 1. The number of aromatic nitrogens is 1. The number of ketones is 1. The number of nitrogens with zero attached hydrogens (tertiary/aromatic N) is 2. The molecule has 0 atom stereocenters. The summed E-state index contributed by atoms with van der Waals surface area (Å²) in [6.45, 7) is 3.01. The van der Waals surface area contributed by atoms with Gasteiger partial charge >= 0.3 is 5.97 Å². The predicted octanol–water partition coefficient (Wildman–Crippen LogP) is 1.30. The summed E-state index contributed by atoms with van der Waals surface area (Å²) in [4.78, 5) is 35.9. The fourth-order valence-electron chi connectivity index (χ4n) is 2.54. The first-order chi connectivity index (χ1) is 13.3. The molecule has 9 heteroatoms. The van der Waals surface area contributed by atoms with E-state index in [2.05, 4.69) is 0 Å². The van der Waals surface area contributed by atoms with E-state index < -0.39 is 34.7 Å². The fourth-order valence-corrected chi connectivity index (χ4v) is 4.01. The molecule has 1 aromatic heterocycles. The number of esters is 1. The van der Waals surface area contributed by atoms with E-state index in [1.54, 1.807) is 44.2 Å². The van der Waals surface area contributed by atoms with Gasteiger partial charge in [0, 0.05) is 30.9 Å². The number of pyridine rings is 1. The van der Waals surface area contributed by atoms with Crippen LogP contribution in [0.2, 0.25) is 0 Å². The molecule has 2 aromatic rings. The molecule has 0 saturated heterocycles. The third-order valence-electron chi connectivity index (χ3n) is 4.06. The molecule has 0 aliphatic heterocycles. The van der Waals surface area contributed by atoms with Gasteiger partial charge in [0.2, 0.25) is 10.0 Å². The van der Waals surface area contributed by atoms with Gasteiger partial charge in [-0.1, -0.05) is 44.2 Å². The molecular formula is C19H22N2O6S. The van der Waals surface area contributed by atoms with E-state index in [1.807, 2.05) is 0 Å². The number of hydrogen-bond donors (Lipinski definition) is 0. The summed E-state index contributed by atoms with van der Waals surface area (Å²) in [5.41, 5.74) is -0.149. The molecule has 28 heavy (non-hydrogen) atoms. The van der Waals surface area contributed by atoms with Crippen molar-refractivity contribution in [2.24, 2.45) is 0 Å². The number of Topliss-reactive ketones (excluding diaryl/α,β-unsaturated/α-hetero) is 1. The van der Waals surface area contributed by atoms with E-state index >= 15 is 0 Å². The SMILES string of the molecule is CCN(CC)S(=O)(=O)c1ccc(=O)n(CC(=O)OCC(=O)c2ccccc2)c1. The number of carbonyl (C=O) groups is 2. The molecule has 0 spiro atoms. The van der Waals surface area contributed by atoms with Gasteiger partial charge in [-0.3, -0.25) is 14.4 Å². The van der Waals surface area contributed by atoms with Gasteiger partial charge < -0.3 is 9.30 Å². The van der Waals surface area contributed by atoms with E-state index in [-0.39, 0.29) is 23.8 Å². The van der Waals surface area contributed by atoms with Gasteiger partial charge in [-0.05, 0) is 6.07 Å². The van der Waals surface area contributed by atoms with Crippen molar-refractivity contribution in [2.45, 2.75) is 25.3 Å². The van der Waals surface area contributed by atoms with Crippen molar-refractivity contribution in [3.63, 3.8) is 0 Å². The van der Waals surface area contributed by atoms with Crippen molar-refractivity contribution in [2.75, 3.05) is 19.7 Å². The Hall–Kier alpha value is -2.78. The molecule has 0 N–H and O–H groups in total. The molecule has 0 radical (unpaired) electrons. The quantitative estimate of drug-likeness (QED) is 0.459. The molecule has 1 heterocycles. The number of hydrogen-bond acceptors (Lipinski definition) is 6. The van der Waals surface area contributed by atoms with E-state index in [9.17, 15) is 22.8 Å². The van der Waals surface area contributed by atoms with Crippen LogP contribution in [0.15, 0.2) is 58.4 Å². The van der Waals surface area contributed by atoms with Crippen LogP contribution in [0.1, 0.15) is 24.2 Å². The minimum atomic E-state index is -3.77. The normalized spacial score (nSPS) is 11.4. The van der Waals surface area contributed by atoms with Crippen LogP contribution in [0.4, 0.5) is 0 Å². The summed E-state index contributed by atoms with van der Waals surface area (Å²) >= 11 is 0. The van der Waals surface area contributed by atoms with Crippen molar-refractivity contribution < 1.29 is 22.7 Å². The van der Waals surface area contributed by atoms with E-state index in [0.717, 1.165) is 16.8 Å². The highest BCUT2D eigenvalue weighted by molar-refractivity contribution is 7.89. The second-order valence-electron chi connectivity index (χ2n) is 5.87. The lowest BCUT2D eigenvalue weighted by molar-refractivity contribution is -0.143. The molecule has 0 saturated carbocycles. The van der Waals surface area contributed by atoms with Gasteiger partial charge in [-0.15, -0.1) is 0 Å². The second-order valence-corrected chi connectivity index (χ2v) is 7.81. The first kappa shape index (κ1) is 21.5. The van der Waals surface area contributed by atoms with Crippen molar-refractivity contribution in [3.05, 3.63) is 64.6 Å². The summed E-state index contributed by atoms with van der Waals surface area (Å²) < 4.78 is 32.2. The lowest BCUT2D eigenvalue weighted by Crippen LogP contribution is -2.32. The van der Waals surface area contributed by atoms with Crippen LogP contribution in [0.3, 0.4) is 0 Å². The number of ether oxygens (including phenoxy) is 1. The zero-order valence-corrected chi connectivity index (χ0v) is 16.5. The van der Waals surface area contributed by atoms with Gasteiger partial charge in [0.05, 0.1) is 4.90 Å². The van der Waals surface area contributed by atoms with Crippen molar-refractivity contribution in [3.8, 4) is 0 Å².